The van der Waals surface area contributed by atoms with Crippen molar-refractivity contribution >= 4 is 17.6 Å². The smallest absolute Gasteiger partial charge is 0.307 e. The van der Waals surface area contributed by atoms with Crippen LogP contribution in [-0.2, 0) is 17.8 Å². The molecule has 0 radical (unpaired) electrons. The number of rotatable bonds is 10. The minimum atomic E-state index is -1.21. The Morgan fingerprint density at radius 1 is 1.26 bits per heavy atom. The van der Waals surface area contributed by atoms with Gasteiger partial charge in [-0.05, 0) is 49.9 Å². The van der Waals surface area contributed by atoms with Crippen molar-refractivity contribution in [3.8, 4) is 5.75 Å². The maximum absolute atomic E-state index is 13.6. The molecule has 0 aliphatic carbocycles. The third kappa shape index (κ3) is 7.67. The first-order valence-electron chi connectivity index (χ1n) is 11.6. The zero-order valence-electron chi connectivity index (χ0n) is 19.9. The summed E-state index contributed by atoms with van der Waals surface area (Å²) in [6.45, 7) is 8.08. The molecule has 1 aliphatic heterocycles. The van der Waals surface area contributed by atoms with Gasteiger partial charge >= 0.3 is 5.97 Å². The lowest BCUT2D eigenvalue weighted by atomic mass is 9.88. The average molecular weight is 493 g/mol. The first kappa shape index (κ1) is 26.4. The van der Waals surface area contributed by atoms with E-state index >= 15 is 0 Å². The largest absolute Gasteiger partial charge is 0.490 e. The van der Waals surface area contributed by atoms with Crippen molar-refractivity contribution in [2.45, 2.75) is 57.8 Å². The van der Waals surface area contributed by atoms with Gasteiger partial charge in [0.1, 0.15) is 23.8 Å². The van der Waals surface area contributed by atoms with E-state index in [2.05, 4.69) is 36.2 Å². The molecule has 1 unspecified atom stereocenters. The molecule has 2 aromatic rings. The molecule has 0 aromatic heterocycles. The number of likely N-dealkylation sites (tertiary alicyclic amines) is 1. The molecule has 1 aliphatic rings. The molecular weight excluding hydrogens is 459 g/mol. The fourth-order valence-electron chi connectivity index (χ4n) is 4.36. The second-order valence-electron chi connectivity index (χ2n) is 9.71. The highest BCUT2D eigenvalue weighted by Crippen LogP contribution is 2.26. The van der Waals surface area contributed by atoms with Crippen molar-refractivity contribution in [3.63, 3.8) is 0 Å². The number of ether oxygens (including phenoxy) is 1. The lowest BCUT2D eigenvalue weighted by Crippen LogP contribution is -2.55. The molecule has 1 heterocycles. The van der Waals surface area contributed by atoms with Crippen LogP contribution < -0.4 is 10.1 Å². The molecule has 186 valence electrons. The maximum Gasteiger partial charge on any atom is 0.307 e. The van der Waals surface area contributed by atoms with Crippen LogP contribution in [-0.4, -0.2) is 58.5 Å². The summed E-state index contributed by atoms with van der Waals surface area (Å²) in [5.74, 6) is -1.03. The maximum atomic E-state index is 13.6. The average Bonchev–Trinajstić information content (AvgIpc) is 2.76. The van der Waals surface area contributed by atoms with E-state index in [4.69, 9.17) is 21.4 Å². The molecule has 1 saturated heterocycles. The number of carbonyl (C=O) groups is 1. The molecule has 8 heteroatoms. The third-order valence-corrected chi connectivity index (χ3v) is 6.63. The van der Waals surface area contributed by atoms with Crippen LogP contribution in [0.1, 0.15) is 38.3 Å². The van der Waals surface area contributed by atoms with Gasteiger partial charge in [-0.3, -0.25) is 9.69 Å². The third-order valence-electron chi connectivity index (χ3n) is 6.38. The Kier molecular flexibility index (Phi) is 8.93. The van der Waals surface area contributed by atoms with E-state index in [1.54, 1.807) is 6.92 Å². The van der Waals surface area contributed by atoms with Gasteiger partial charge in [0.05, 0.1) is 6.42 Å². The van der Waals surface area contributed by atoms with E-state index in [0.717, 1.165) is 30.6 Å². The van der Waals surface area contributed by atoms with Crippen LogP contribution >= 0.6 is 11.6 Å². The molecule has 6 nitrogen and oxygen atoms in total. The normalized spacial score (nSPS) is 22.8. The van der Waals surface area contributed by atoms with Crippen LogP contribution in [0.2, 0.25) is 5.02 Å². The highest BCUT2D eigenvalue weighted by molar-refractivity contribution is 6.30. The number of aliphatic hydroxyl groups is 1. The second kappa shape index (κ2) is 11.5. The fourth-order valence-corrected chi connectivity index (χ4v) is 4.49. The topological polar surface area (TPSA) is 82.0 Å². The summed E-state index contributed by atoms with van der Waals surface area (Å²) in [6.07, 6.45) is 0.665. The number of piperidine rings is 1. The van der Waals surface area contributed by atoms with Crippen molar-refractivity contribution in [3.05, 3.63) is 64.4 Å². The van der Waals surface area contributed by atoms with Crippen molar-refractivity contribution in [2.75, 3.05) is 19.7 Å². The van der Waals surface area contributed by atoms with Crippen molar-refractivity contribution in [1.29, 1.82) is 0 Å². The zero-order valence-corrected chi connectivity index (χ0v) is 20.7. The van der Waals surface area contributed by atoms with Crippen LogP contribution in [0.25, 0.3) is 0 Å². The number of nitrogens with zero attached hydrogens (tertiary/aromatic N) is 1. The highest BCUT2D eigenvalue weighted by atomic mass is 35.5. The van der Waals surface area contributed by atoms with E-state index in [1.807, 2.05) is 12.1 Å². The predicted octanol–water partition coefficient (Wildman–Crippen LogP) is 4.12. The minimum Gasteiger partial charge on any atom is -0.490 e. The number of benzene rings is 2. The van der Waals surface area contributed by atoms with Crippen molar-refractivity contribution in [1.82, 2.24) is 10.2 Å². The zero-order chi connectivity index (χ0) is 24.9. The number of nitrogens with one attached hydrogen (secondary N) is 1. The standard InChI is InChI=1S/C26H34ClFN2O4/c1-17-13-30(14-19-4-7-21(27)8-5-19)18(2)10-23(17)29-15-26(3,33)16-34-24-12-22(28)9-6-20(24)11-25(31)32/h4-9,12,17-18,23,29,33H,10-11,13-16H2,1-3H3,(H,31,32)/t17-,18-,23+,26?/m0/s1. The van der Waals surface area contributed by atoms with Crippen LogP contribution in [0.15, 0.2) is 42.5 Å². The second-order valence-corrected chi connectivity index (χ2v) is 10.1. The van der Waals surface area contributed by atoms with Gasteiger partial charge in [-0.15, -0.1) is 0 Å². The molecule has 34 heavy (non-hydrogen) atoms. The Bertz CT molecular complexity index is 970. The lowest BCUT2D eigenvalue weighted by molar-refractivity contribution is -0.136. The van der Waals surface area contributed by atoms with Crippen LogP contribution in [0.4, 0.5) is 4.39 Å². The molecule has 3 rings (SSSR count). The number of carboxylic acid groups (broad SMARTS) is 1. The summed E-state index contributed by atoms with van der Waals surface area (Å²) < 4.78 is 19.3. The molecule has 4 atom stereocenters. The fraction of sp³-hybridized carbons (Fsp3) is 0.500. The Morgan fingerprint density at radius 3 is 2.65 bits per heavy atom. The Hall–Kier alpha value is -2.19. The highest BCUT2D eigenvalue weighted by Gasteiger charge is 2.32. The molecule has 0 bridgehead atoms. The molecule has 3 N–H and O–H groups in total. The van der Waals surface area contributed by atoms with Gasteiger partial charge < -0.3 is 20.3 Å². The van der Waals surface area contributed by atoms with Gasteiger partial charge in [0.25, 0.3) is 0 Å². The quantitative estimate of drug-likeness (QED) is 0.463. The minimum absolute atomic E-state index is 0.0879. The Labute approximate surface area is 205 Å². The number of hydrogen-bond donors (Lipinski definition) is 3. The van der Waals surface area contributed by atoms with E-state index < -0.39 is 17.4 Å². The molecule has 0 spiro atoms. The van der Waals surface area contributed by atoms with Gasteiger partial charge in [-0.1, -0.05) is 36.7 Å². The van der Waals surface area contributed by atoms with Gasteiger partial charge in [0.2, 0.25) is 0 Å². The predicted molar refractivity (Wildman–Crippen MR) is 131 cm³/mol. The Balaban J connectivity index is 1.52. The molecule has 1 fully saturated rings. The van der Waals surface area contributed by atoms with Gasteiger partial charge in [0, 0.05) is 48.4 Å². The number of halogens is 2. The summed E-state index contributed by atoms with van der Waals surface area (Å²) >= 11 is 6.00. The lowest BCUT2D eigenvalue weighted by Gasteiger charge is -2.43. The SMILES string of the molecule is C[C@H]1CN(Cc2ccc(Cl)cc2)[C@@H](C)C[C@H]1NCC(C)(O)COc1cc(F)ccc1CC(=O)O. The molecule has 2 aromatic carbocycles. The van der Waals surface area contributed by atoms with Crippen molar-refractivity contribution in [2.24, 2.45) is 5.92 Å². The summed E-state index contributed by atoms with van der Waals surface area (Å²) in [5, 5.41) is 24.1. The van der Waals surface area contributed by atoms with Gasteiger partial charge in [0.15, 0.2) is 0 Å². The van der Waals surface area contributed by atoms with Crippen molar-refractivity contribution < 1.29 is 24.1 Å². The summed E-state index contributed by atoms with van der Waals surface area (Å²) in [7, 11) is 0. The summed E-state index contributed by atoms with van der Waals surface area (Å²) in [4.78, 5) is 13.5. The summed E-state index contributed by atoms with van der Waals surface area (Å²) in [6, 6.07) is 12.3. The molecule has 0 amide bonds. The number of carboxylic acids is 1. The number of hydrogen-bond acceptors (Lipinski definition) is 5. The van der Waals surface area contributed by atoms with Gasteiger partial charge in [-0.25, -0.2) is 4.39 Å². The summed E-state index contributed by atoms with van der Waals surface area (Å²) in [5.41, 5.74) is 0.388. The van der Waals surface area contributed by atoms with E-state index in [-0.39, 0.29) is 24.8 Å². The van der Waals surface area contributed by atoms with Crippen LogP contribution in [0.5, 0.6) is 5.75 Å². The first-order chi connectivity index (χ1) is 16.0. The monoisotopic (exact) mass is 492 g/mol. The van der Waals surface area contributed by atoms with E-state index in [0.29, 0.717) is 24.1 Å². The van der Waals surface area contributed by atoms with Crippen LogP contribution in [0, 0.1) is 11.7 Å². The van der Waals surface area contributed by atoms with Gasteiger partial charge in [-0.2, -0.15) is 0 Å². The first-order valence-corrected chi connectivity index (χ1v) is 12.0. The molecule has 0 saturated carbocycles. The van der Waals surface area contributed by atoms with Crippen LogP contribution in [0.3, 0.4) is 0 Å². The Morgan fingerprint density at radius 2 is 1.97 bits per heavy atom. The van der Waals surface area contributed by atoms with E-state index in [1.165, 1.54) is 17.7 Å². The number of aliphatic carboxylic acids is 1. The van der Waals surface area contributed by atoms with E-state index in [9.17, 15) is 14.3 Å². The molecular formula is C26H34ClFN2O4.